The van der Waals surface area contributed by atoms with Crippen LogP contribution in [0, 0.1) is 0 Å². The summed E-state index contributed by atoms with van der Waals surface area (Å²) in [7, 11) is 1.52. The highest BCUT2D eigenvalue weighted by Gasteiger charge is 2.14. The summed E-state index contributed by atoms with van der Waals surface area (Å²) in [6, 6.07) is 7.43. The molecule has 0 radical (unpaired) electrons. The molecule has 0 spiro atoms. The van der Waals surface area contributed by atoms with Crippen molar-refractivity contribution < 1.29 is 19.0 Å². The van der Waals surface area contributed by atoms with E-state index in [9.17, 15) is 4.79 Å². The van der Waals surface area contributed by atoms with Crippen LogP contribution in [0.1, 0.15) is 35.2 Å². The van der Waals surface area contributed by atoms with Gasteiger partial charge in [0.15, 0.2) is 12.1 Å². The number of carbonyl (C=O) groups is 1. The maximum Gasteiger partial charge on any atom is 0.188 e. The molecular formula is C15H20O4. The third-order valence-corrected chi connectivity index (χ3v) is 3.13. The SMILES string of the molecule is COCC(=O)c1ccc(COC2CCCCO2)cc1. The Morgan fingerprint density at radius 1 is 1.32 bits per heavy atom. The van der Waals surface area contributed by atoms with Gasteiger partial charge >= 0.3 is 0 Å². The van der Waals surface area contributed by atoms with Crippen LogP contribution in [-0.4, -0.2) is 32.4 Å². The summed E-state index contributed by atoms with van der Waals surface area (Å²) in [5, 5.41) is 0. The number of ketones is 1. The van der Waals surface area contributed by atoms with Gasteiger partial charge in [-0.15, -0.1) is 0 Å². The molecule has 1 aromatic carbocycles. The van der Waals surface area contributed by atoms with E-state index in [2.05, 4.69) is 0 Å². The highest BCUT2D eigenvalue weighted by atomic mass is 16.7. The number of ether oxygens (including phenoxy) is 3. The lowest BCUT2D eigenvalue weighted by molar-refractivity contribution is -0.168. The average molecular weight is 264 g/mol. The van der Waals surface area contributed by atoms with Crippen molar-refractivity contribution in [3.05, 3.63) is 35.4 Å². The molecule has 1 unspecified atom stereocenters. The van der Waals surface area contributed by atoms with Gasteiger partial charge in [0, 0.05) is 19.3 Å². The molecule has 1 fully saturated rings. The molecule has 4 nitrogen and oxygen atoms in total. The van der Waals surface area contributed by atoms with Crippen LogP contribution in [-0.2, 0) is 20.8 Å². The van der Waals surface area contributed by atoms with Gasteiger partial charge in [-0.2, -0.15) is 0 Å². The zero-order valence-electron chi connectivity index (χ0n) is 11.3. The summed E-state index contributed by atoms with van der Waals surface area (Å²) in [6.07, 6.45) is 3.17. The number of hydrogen-bond donors (Lipinski definition) is 0. The molecule has 1 aliphatic rings. The summed E-state index contributed by atoms with van der Waals surface area (Å²) in [5.41, 5.74) is 1.71. The highest BCUT2D eigenvalue weighted by Crippen LogP contribution is 2.16. The molecule has 19 heavy (non-hydrogen) atoms. The second kappa shape index (κ2) is 7.38. The van der Waals surface area contributed by atoms with Gasteiger partial charge in [-0.05, 0) is 24.8 Å². The Kier molecular flexibility index (Phi) is 5.51. The number of hydrogen-bond acceptors (Lipinski definition) is 4. The Balaban J connectivity index is 1.82. The lowest BCUT2D eigenvalue weighted by Crippen LogP contribution is -2.22. The molecule has 104 valence electrons. The Labute approximate surface area is 113 Å². The molecule has 0 saturated carbocycles. The third-order valence-electron chi connectivity index (χ3n) is 3.13. The number of rotatable bonds is 6. The Hall–Kier alpha value is -1.23. The minimum atomic E-state index is -0.0800. The fourth-order valence-electron chi connectivity index (χ4n) is 2.03. The molecule has 1 atom stereocenters. The van der Waals surface area contributed by atoms with Crippen molar-refractivity contribution in [3.8, 4) is 0 Å². The highest BCUT2D eigenvalue weighted by molar-refractivity contribution is 5.97. The quantitative estimate of drug-likeness (QED) is 0.741. The van der Waals surface area contributed by atoms with E-state index in [-0.39, 0.29) is 18.7 Å². The van der Waals surface area contributed by atoms with E-state index in [1.54, 1.807) is 0 Å². The first kappa shape index (κ1) is 14.2. The van der Waals surface area contributed by atoms with Crippen molar-refractivity contribution in [3.63, 3.8) is 0 Å². The summed E-state index contributed by atoms with van der Waals surface area (Å²) in [4.78, 5) is 11.6. The third kappa shape index (κ3) is 4.42. The van der Waals surface area contributed by atoms with Crippen LogP contribution < -0.4 is 0 Å². The van der Waals surface area contributed by atoms with Crippen LogP contribution in [0.4, 0.5) is 0 Å². The smallest absolute Gasteiger partial charge is 0.188 e. The van der Waals surface area contributed by atoms with E-state index < -0.39 is 0 Å². The minimum Gasteiger partial charge on any atom is -0.377 e. The predicted octanol–water partition coefficient (Wildman–Crippen LogP) is 2.56. The number of benzene rings is 1. The van der Waals surface area contributed by atoms with Crippen LogP contribution in [0.3, 0.4) is 0 Å². The predicted molar refractivity (Wildman–Crippen MR) is 71.0 cm³/mol. The fraction of sp³-hybridized carbons (Fsp3) is 0.533. The molecule has 4 heteroatoms. The largest absolute Gasteiger partial charge is 0.377 e. The van der Waals surface area contributed by atoms with Crippen LogP contribution in [0.2, 0.25) is 0 Å². The summed E-state index contributed by atoms with van der Waals surface area (Å²) in [5.74, 6) is -0.00872. The van der Waals surface area contributed by atoms with E-state index in [4.69, 9.17) is 14.2 Å². The number of carbonyl (C=O) groups excluding carboxylic acids is 1. The van der Waals surface area contributed by atoms with Gasteiger partial charge in [-0.1, -0.05) is 24.3 Å². The molecular weight excluding hydrogens is 244 g/mol. The van der Waals surface area contributed by atoms with E-state index in [0.717, 1.165) is 31.4 Å². The Morgan fingerprint density at radius 2 is 2.11 bits per heavy atom. The Morgan fingerprint density at radius 3 is 2.74 bits per heavy atom. The second-order valence-corrected chi connectivity index (χ2v) is 4.66. The van der Waals surface area contributed by atoms with Crippen molar-refractivity contribution in [1.29, 1.82) is 0 Å². The van der Waals surface area contributed by atoms with Gasteiger partial charge in [0.1, 0.15) is 6.61 Å². The topological polar surface area (TPSA) is 44.8 Å². The maximum atomic E-state index is 11.6. The summed E-state index contributed by atoms with van der Waals surface area (Å²) in [6.45, 7) is 1.42. The monoisotopic (exact) mass is 264 g/mol. The average Bonchev–Trinajstić information content (AvgIpc) is 2.47. The molecule has 0 amide bonds. The van der Waals surface area contributed by atoms with E-state index in [1.165, 1.54) is 7.11 Å². The first-order chi connectivity index (χ1) is 9.29. The van der Waals surface area contributed by atoms with Crippen LogP contribution in [0.5, 0.6) is 0 Å². The normalized spacial score (nSPS) is 19.3. The first-order valence-corrected chi connectivity index (χ1v) is 6.64. The molecule has 1 aromatic rings. The Bertz CT molecular complexity index is 393. The fourth-order valence-corrected chi connectivity index (χ4v) is 2.03. The van der Waals surface area contributed by atoms with Crippen LogP contribution in [0.25, 0.3) is 0 Å². The molecule has 1 saturated heterocycles. The summed E-state index contributed by atoms with van der Waals surface area (Å²) < 4.78 is 16.0. The van der Waals surface area contributed by atoms with E-state index >= 15 is 0 Å². The number of methoxy groups -OCH3 is 1. The summed E-state index contributed by atoms with van der Waals surface area (Å²) >= 11 is 0. The zero-order valence-corrected chi connectivity index (χ0v) is 11.3. The minimum absolute atomic E-state index is 0.00872. The lowest BCUT2D eigenvalue weighted by Gasteiger charge is -2.22. The van der Waals surface area contributed by atoms with Gasteiger partial charge in [-0.3, -0.25) is 4.79 Å². The van der Waals surface area contributed by atoms with Gasteiger partial charge in [0.05, 0.1) is 6.61 Å². The van der Waals surface area contributed by atoms with Gasteiger partial charge < -0.3 is 14.2 Å². The standard InChI is InChI=1S/C15H20O4/c1-17-11-14(16)13-7-5-12(6-8-13)10-19-15-4-2-3-9-18-15/h5-8,15H,2-4,9-11H2,1H3. The number of Topliss-reactive ketones (excluding diaryl/α,β-unsaturated/α-hetero) is 1. The van der Waals surface area contributed by atoms with Crippen molar-refractivity contribution in [2.45, 2.75) is 32.2 Å². The molecule has 0 aliphatic carbocycles. The molecule has 0 aromatic heterocycles. The van der Waals surface area contributed by atoms with Gasteiger partial charge in [-0.25, -0.2) is 0 Å². The van der Waals surface area contributed by atoms with Crippen molar-refractivity contribution in [2.75, 3.05) is 20.3 Å². The van der Waals surface area contributed by atoms with Gasteiger partial charge in [0.25, 0.3) is 0 Å². The second-order valence-electron chi connectivity index (χ2n) is 4.66. The van der Waals surface area contributed by atoms with Gasteiger partial charge in [0.2, 0.25) is 0 Å². The van der Waals surface area contributed by atoms with Crippen LogP contribution in [0.15, 0.2) is 24.3 Å². The van der Waals surface area contributed by atoms with Crippen molar-refractivity contribution >= 4 is 5.78 Å². The van der Waals surface area contributed by atoms with E-state index in [0.29, 0.717) is 12.2 Å². The lowest BCUT2D eigenvalue weighted by atomic mass is 10.1. The molecule has 1 heterocycles. The van der Waals surface area contributed by atoms with Crippen molar-refractivity contribution in [1.82, 2.24) is 0 Å². The van der Waals surface area contributed by atoms with E-state index in [1.807, 2.05) is 24.3 Å². The molecule has 0 N–H and O–H groups in total. The zero-order chi connectivity index (χ0) is 13.5. The molecule has 1 aliphatic heterocycles. The molecule has 0 bridgehead atoms. The van der Waals surface area contributed by atoms with Crippen LogP contribution >= 0.6 is 0 Å². The van der Waals surface area contributed by atoms with Crippen molar-refractivity contribution in [2.24, 2.45) is 0 Å². The first-order valence-electron chi connectivity index (χ1n) is 6.64. The molecule has 2 rings (SSSR count). The maximum absolute atomic E-state index is 11.6.